The van der Waals surface area contributed by atoms with Crippen molar-refractivity contribution in [3.05, 3.63) is 28.2 Å². The SMILES string of the molecule is CCOC(=O)C1OOOC1c1ccc(Br)cc1OCC. The fraction of sp³-hybridized carbons (Fsp3) is 0.462. The zero-order valence-corrected chi connectivity index (χ0v) is 12.7. The van der Waals surface area contributed by atoms with Gasteiger partial charge in [-0.2, -0.15) is 9.78 Å². The summed E-state index contributed by atoms with van der Waals surface area (Å²) in [6.07, 6.45) is -1.71. The van der Waals surface area contributed by atoms with Crippen molar-refractivity contribution in [1.82, 2.24) is 0 Å². The highest BCUT2D eigenvalue weighted by Gasteiger charge is 2.42. The van der Waals surface area contributed by atoms with Crippen molar-refractivity contribution in [2.45, 2.75) is 26.1 Å². The number of ether oxygens (including phenoxy) is 2. The van der Waals surface area contributed by atoms with Gasteiger partial charge in [0.1, 0.15) is 5.75 Å². The van der Waals surface area contributed by atoms with E-state index in [2.05, 4.69) is 21.0 Å². The van der Waals surface area contributed by atoms with Crippen LogP contribution in [0.25, 0.3) is 0 Å². The van der Waals surface area contributed by atoms with Crippen molar-refractivity contribution in [2.75, 3.05) is 13.2 Å². The molecular weight excluding hydrogens is 332 g/mol. The van der Waals surface area contributed by atoms with Crippen molar-refractivity contribution < 1.29 is 29.1 Å². The Balaban J connectivity index is 2.27. The number of carbonyl (C=O) groups excluding carboxylic acids is 1. The van der Waals surface area contributed by atoms with Crippen LogP contribution in [0.4, 0.5) is 0 Å². The lowest BCUT2D eigenvalue weighted by molar-refractivity contribution is -0.465. The minimum Gasteiger partial charge on any atom is -0.493 e. The number of carbonyl (C=O) groups is 1. The van der Waals surface area contributed by atoms with Crippen molar-refractivity contribution >= 4 is 21.9 Å². The molecule has 0 spiro atoms. The van der Waals surface area contributed by atoms with Crippen LogP contribution in [0.3, 0.4) is 0 Å². The molecule has 1 fully saturated rings. The number of rotatable bonds is 5. The molecule has 0 radical (unpaired) electrons. The Morgan fingerprint density at radius 3 is 2.80 bits per heavy atom. The molecule has 6 nitrogen and oxygen atoms in total. The lowest BCUT2D eigenvalue weighted by Gasteiger charge is -2.16. The number of benzene rings is 1. The van der Waals surface area contributed by atoms with Gasteiger partial charge in [0.15, 0.2) is 6.10 Å². The quantitative estimate of drug-likeness (QED) is 0.603. The average molecular weight is 347 g/mol. The summed E-state index contributed by atoms with van der Waals surface area (Å²) in [6, 6.07) is 5.40. The van der Waals surface area contributed by atoms with Crippen LogP contribution in [0, 0.1) is 0 Å². The molecule has 1 saturated heterocycles. The first kappa shape index (κ1) is 15.2. The zero-order chi connectivity index (χ0) is 14.5. The first-order valence-corrected chi connectivity index (χ1v) is 7.04. The Kier molecular flexibility index (Phi) is 5.36. The van der Waals surface area contributed by atoms with E-state index in [1.165, 1.54) is 0 Å². The molecule has 1 aromatic carbocycles. The molecule has 2 atom stereocenters. The molecule has 0 N–H and O–H groups in total. The number of halogens is 1. The van der Waals surface area contributed by atoms with Gasteiger partial charge in [-0.05, 0) is 26.0 Å². The van der Waals surface area contributed by atoms with E-state index >= 15 is 0 Å². The maximum Gasteiger partial charge on any atom is 0.342 e. The minimum absolute atomic E-state index is 0.254. The maximum absolute atomic E-state index is 11.8. The molecule has 1 heterocycles. The summed E-state index contributed by atoms with van der Waals surface area (Å²) in [5, 5.41) is 4.49. The van der Waals surface area contributed by atoms with Gasteiger partial charge in [-0.1, -0.05) is 27.0 Å². The molecule has 1 aliphatic heterocycles. The largest absolute Gasteiger partial charge is 0.493 e. The molecule has 0 aromatic heterocycles. The number of hydrogen-bond acceptors (Lipinski definition) is 6. The topological polar surface area (TPSA) is 63.2 Å². The normalized spacial score (nSPS) is 21.8. The van der Waals surface area contributed by atoms with E-state index < -0.39 is 18.2 Å². The summed E-state index contributed by atoms with van der Waals surface area (Å²) in [4.78, 5) is 21.7. The molecule has 0 saturated carbocycles. The molecule has 1 aliphatic rings. The molecular formula is C13H15BrO6. The van der Waals surface area contributed by atoms with Crippen molar-refractivity contribution in [1.29, 1.82) is 0 Å². The molecule has 7 heteroatoms. The van der Waals surface area contributed by atoms with Gasteiger partial charge in [-0.25, -0.2) is 4.79 Å². The summed E-state index contributed by atoms with van der Waals surface area (Å²) >= 11 is 3.37. The van der Waals surface area contributed by atoms with E-state index in [1.54, 1.807) is 19.1 Å². The van der Waals surface area contributed by atoms with Crippen molar-refractivity contribution in [2.24, 2.45) is 0 Å². The van der Waals surface area contributed by atoms with Gasteiger partial charge in [0, 0.05) is 10.0 Å². The van der Waals surface area contributed by atoms with E-state index in [0.717, 1.165) is 4.47 Å². The summed E-state index contributed by atoms with van der Waals surface area (Å²) in [5.41, 5.74) is 0.658. The number of esters is 1. The van der Waals surface area contributed by atoms with Crippen LogP contribution in [0.2, 0.25) is 0 Å². The summed E-state index contributed by atoms with van der Waals surface area (Å²) in [6.45, 7) is 4.33. The average Bonchev–Trinajstić information content (AvgIpc) is 2.89. The fourth-order valence-corrected chi connectivity index (χ4v) is 2.17. The predicted molar refractivity (Wildman–Crippen MR) is 71.7 cm³/mol. The summed E-state index contributed by atoms with van der Waals surface area (Å²) in [7, 11) is 0. The first-order valence-electron chi connectivity index (χ1n) is 6.25. The first-order chi connectivity index (χ1) is 9.67. The van der Waals surface area contributed by atoms with Crippen LogP contribution in [-0.2, 0) is 24.3 Å². The second-order valence-electron chi connectivity index (χ2n) is 3.97. The van der Waals surface area contributed by atoms with E-state index in [4.69, 9.17) is 19.2 Å². The molecule has 0 amide bonds. The van der Waals surface area contributed by atoms with Gasteiger partial charge >= 0.3 is 5.97 Å². The Morgan fingerprint density at radius 1 is 1.30 bits per heavy atom. The van der Waals surface area contributed by atoms with Gasteiger partial charge < -0.3 is 9.47 Å². The van der Waals surface area contributed by atoms with Gasteiger partial charge in [0.2, 0.25) is 6.10 Å². The third-order valence-corrected chi connectivity index (χ3v) is 3.16. The van der Waals surface area contributed by atoms with Gasteiger partial charge in [-0.15, -0.1) is 0 Å². The maximum atomic E-state index is 11.8. The van der Waals surface area contributed by atoms with Crippen LogP contribution >= 0.6 is 15.9 Å². The number of hydrogen-bond donors (Lipinski definition) is 0. The fourth-order valence-electron chi connectivity index (χ4n) is 1.83. The third kappa shape index (κ3) is 3.29. The predicted octanol–water partition coefficient (Wildman–Crippen LogP) is 2.71. The van der Waals surface area contributed by atoms with E-state index in [9.17, 15) is 4.79 Å². The highest BCUT2D eigenvalue weighted by molar-refractivity contribution is 9.10. The standard InChI is InChI=1S/C13H15BrO6/c1-3-16-10-7-8(14)5-6-9(10)11-12(19-20-18-11)13(15)17-4-2/h5-7,11-12H,3-4H2,1-2H3. The molecule has 0 bridgehead atoms. The summed E-state index contributed by atoms with van der Waals surface area (Å²) in [5.74, 6) is 0.0515. The smallest absolute Gasteiger partial charge is 0.342 e. The molecule has 20 heavy (non-hydrogen) atoms. The lowest BCUT2D eigenvalue weighted by atomic mass is 10.0. The van der Waals surface area contributed by atoms with Gasteiger partial charge in [0.05, 0.1) is 13.2 Å². The van der Waals surface area contributed by atoms with E-state index in [-0.39, 0.29) is 6.61 Å². The van der Waals surface area contributed by atoms with E-state index in [0.29, 0.717) is 17.9 Å². The molecule has 2 rings (SSSR count). The molecule has 1 aromatic rings. The van der Waals surface area contributed by atoms with Crippen LogP contribution in [0.5, 0.6) is 5.75 Å². The van der Waals surface area contributed by atoms with E-state index in [1.807, 2.05) is 13.0 Å². The highest BCUT2D eigenvalue weighted by atomic mass is 79.9. The Bertz CT molecular complexity index is 478. The molecule has 110 valence electrons. The summed E-state index contributed by atoms with van der Waals surface area (Å²) < 4.78 is 11.3. The third-order valence-electron chi connectivity index (χ3n) is 2.66. The second kappa shape index (κ2) is 7.03. The Labute approximate surface area is 124 Å². The van der Waals surface area contributed by atoms with Crippen molar-refractivity contribution in [3.8, 4) is 5.75 Å². The zero-order valence-electron chi connectivity index (χ0n) is 11.1. The lowest BCUT2D eigenvalue weighted by Crippen LogP contribution is -2.28. The Hall–Kier alpha value is -1.15. The molecule has 0 aliphatic carbocycles. The Morgan fingerprint density at radius 2 is 2.10 bits per heavy atom. The van der Waals surface area contributed by atoms with Crippen LogP contribution < -0.4 is 4.74 Å². The monoisotopic (exact) mass is 346 g/mol. The minimum atomic E-state index is -0.977. The van der Waals surface area contributed by atoms with Crippen LogP contribution in [-0.4, -0.2) is 25.3 Å². The van der Waals surface area contributed by atoms with Crippen LogP contribution in [0.1, 0.15) is 25.5 Å². The molecule has 2 unspecified atom stereocenters. The van der Waals surface area contributed by atoms with Crippen molar-refractivity contribution in [3.63, 3.8) is 0 Å². The van der Waals surface area contributed by atoms with Gasteiger partial charge in [0.25, 0.3) is 0 Å². The highest BCUT2D eigenvalue weighted by Crippen LogP contribution is 2.37. The van der Waals surface area contributed by atoms with Crippen LogP contribution in [0.15, 0.2) is 22.7 Å². The van der Waals surface area contributed by atoms with Gasteiger partial charge in [-0.3, -0.25) is 0 Å². The second-order valence-corrected chi connectivity index (χ2v) is 4.88.